The Hall–Kier alpha value is -1.56. The summed E-state index contributed by atoms with van der Waals surface area (Å²) in [5, 5.41) is 2.89. The zero-order valence-electron chi connectivity index (χ0n) is 13.3. The van der Waals surface area contributed by atoms with E-state index in [0.29, 0.717) is 25.3 Å². The summed E-state index contributed by atoms with van der Waals surface area (Å²) in [6.45, 7) is 1.77. The van der Waals surface area contributed by atoms with Gasteiger partial charge in [0.25, 0.3) is 5.91 Å². The second-order valence-electron chi connectivity index (χ2n) is 5.17. The number of ether oxygens (including phenoxy) is 1. The molecule has 3 N–H and O–H groups in total. The Bertz CT molecular complexity index is 635. The highest BCUT2D eigenvalue weighted by Crippen LogP contribution is 2.24. The number of nitrogens with two attached hydrogens (primary N) is 1. The van der Waals surface area contributed by atoms with Crippen molar-refractivity contribution in [2.75, 3.05) is 13.1 Å². The summed E-state index contributed by atoms with van der Waals surface area (Å²) < 4.78 is 6.68. The first kappa shape index (κ1) is 20.5. The Labute approximate surface area is 157 Å². The first-order valence-corrected chi connectivity index (χ1v) is 8.44. The van der Waals surface area contributed by atoms with Crippen LogP contribution in [0.4, 0.5) is 0 Å². The van der Waals surface area contributed by atoms with Crippen LogP contribution in [0.1, 0.15) is 28.8 Å². The molecule has 0 unspecified atom stereocenters. The van der Waals surface area contributed by atoms with E-state index in [1.807, 2.05) is 48.5 Å². The van der Waals surface area contributed by atoms with Crippen molar-refractivity contribution in [3.05, 3.63) is 64.1 Å². The number of carbonyl (C=O) groups excluding carboxylic acids is 1. The van der Waals surface area contributed by atoms with Gasteiger partial charge >= 0.3 is 0 Å². The molecule has 0 fully saturated rings. The van der Waals surface area contributed by atoms with E-state index in [1.54, 1.807) is 0 Å². The summed E-state index contributed by atoms with van der Waals surface area (Å²) in [6, 6.07) is 15.2. The Morgan fingerprint density at radius 1 is 1.08 bits per heavy atom. The van der Waals surface area contributed by atoms with Crippen molar-refractivity contribution in [3.63, 3.8) is 0 Å². The van der Waals surface area contributed by atoms with Crippen LogP contribution in [-0.4, -0.2) is 19.0 Å². The number of hydrogen-bond donors (Lipinski definition) is 2. The molecule has 0 saturated heterocycles. The maximum Gasteiger partial charge on any atom is 0.251 e. The first-order chi connectivity index (χ1) is 11.2. The van der Waals surface area contributed by atoms with Crippen LogP contribution in [0.5, 0.6) is 5.75 Å². The van der Waals surface area contributed by atoms with Gasteiger partial charge in [0.05, 0.1) is 4.47 Å². The summed E-state index contributed by atoms with van der Waals surface area (Å²) in [7, 11) is 0. The van der Waals surface area contributed by atoms with Gasteiger partial charge in [-0.25, -0.2) is 0 Å². The fourth-order valence-electron chi connectivity index (χ4n) is 2.05. The summed E-state index contributed by atoms with van der Waals surface area (Å²) in [5.74, 6) is 0.745. The molecule has 0 aromatic heterocycles. The van der Waals surface area contributed by atoms with Gasteiger partial charge in [0.1, 0.15) is 12.4 Å². The lowest BCUT2D eigenvalue weighted by molar-refractivity contribution is 0.0953. The quantitative estimate of drug-likeness (QED) is 0.645. The highest BCUT2D eigenvalue weighted by Gasteiger charge is 2.05. The van der Waals surface area contributed by atoms with Crippen molar-refractivity contribution in [1.29, 1.82) is 0 Å². The van der Waals surface area contributed by atoms with Gasteiger partial charge < -0.3 is 15.8 Å². The molecule has 4 nitrogen and oxygen atoms in total. The van der Waals surface area contributed by atoms with Crippen LogP contribution in [-0.2, 0) is 6.61 Å². The van der Waals surface area contributed by atoms with Crippen LogP contribution >= 0.6 is 28.3 Å². The maximum absolute atomic E-state index is 12.0. The topological polar surface area (TPSA) is 64.3 Å². The zero-order valence-corrected chi connectivity index (χ0v) is 15.7. The number of halogens is 2. The molecule has 0 saturated carbocycles. The highest BCUT2D eigenvalue weighted by atomic mass is 79.9. The Balaban J connectivity index is 0.00000288. The minimum atomic E-state index is -0.0553. The second kappa shape index (κ2) is 11.1. The summed E-state index contributed by atoms with van der Waals surface area (Å²) in [5.41, 5.74) is 7.09. The molecule has 0 spiro atoms. The molecule has 0 aliphatic heterocycles. The molecule has 0 bridgehead atoms. The van der Waals surface area contributed by atoms with E-state index < -0.39 is 0 Å². The van der Waals surface area contributed by atoms with E-state index in [9.17, 15) is 4.79 Å². The van der Waals surface area contributed by atoms with Crippen molar-refractivity contribution >= 4 is 34.2 Å². The van der Waals surface area contributed by atoms with E-state index in [2.05, 4.69) is 21.2 Å². The van der Waals surface area contributed by atoms with E-state index in [1.165, 1.54) is 0 Å². The first-order valence-electron chi connectivity index (χ1n) is 7.65. The van der Waals surface area contributed by atoms with E-state index in [0.717, 1.165) is 28.6 Å². The molecule has 0 atom stereocenters. The SMILES string of the molecule is Cl.NCCCCNC(=O)c1ccc(COc2ccccc2Br)cc1. The third-order valence-corrected chi connectivity index (χ3v) is 4.02. The van der Waals surface area contributed by atoms with Gasteiger partial charge in [-0.1, -0.05) is 24.3 Å². The van der Waals surface area contributed by atoms with E-state index >= 15 is 0 Å². The summed E-state index contributed by atoms with van der Waals surface area (Å²) in [4.78, 5) is 12.0. The molecule has 1 amide bonds. The summed E-state index contributed by atoms with van der Waals surface area (Å²) >= 11 is 3.45. The van der Waals surface area contributed by atoms with Crippen LogP contribution in [0.15, 0.2) is 53.0 Å². The predicted molar refractivity (Wildman–Crippen MR) is 103 cm³/mol. The molecular weight excluding hydrogens is 392 g/mol. The van der Waals surface area contributed by atoms with Gasteiger partial charge in [0.2, 0.25) is 0 Å². The Kier molecular flexibility index (Phi) is 9.45. The fourth-order valence-corrected chi connectivity index (χ4v) is 2.45. The van der Waals surface area contributed by atoms with Gasteiger partial charge in [-0.2, -0.15) is 0 Å². The smallest absolute Gasteiger partial charge is 0.251 e. The number of amides is 1. The standard InChI is InChI=1S/C18H21BrN2O2.ClH/c19-16-5-1-2-6-17(16)23-13-14-7-9-15(10-8-14)18(22)21-12-4-3-11-20;/h1-2,5-10H,3-4,11-13,20H2,(H,21,22);1H. The molecule has 2 rings (SSSR count). The number of hydrogen-bond acceptors (Lipinski definition) is 3. The maximum atomic E-state index is 12.0. The number of rotatable bonds is 8. The van der Waals surface area contributed by atoms with Gasteiger partial charge in [-0.05, 0) is 65.1 Å². The number of carbonyl (C=O) groups is 1. The van der Waals surface area contributed by atoms with Gasteiger partial charge in [-0.15, -0.1) is 12.4 Å². The molecule has 130 valence electrons. The van der Waals surface area contributed by atoms with Crippen LogP contribution in [0, 0.1) is 0 Å². The van der Waals surface area contributed by atoms with Crippen LogP contribution < -0.4 is 15.8 Å². The molecule has 0 aliphatic carbocycles. The van der Waals surface area contributed by atoms with Crippen molar-refractivity contribution in [2.45, 2.75) is 19.4 Å². The number of para-hydroxylation sites is 1. The largest absolute Gasteiger partial charge is 0.488 e. The fraction of sp³-hybridized carbons (Fsp3) is 0.278. The molecule has 6 heteroatoms. The third-order valence-electron chi connectivity index (χ3n) is 3.36. The Morgan fingerprint density at radius 3 is 2.46 bits per heavy atom. The van der Waals surface area contributed by atoms with Crippen LogP contribution in [0.2, 0.25) is 0 Å². The van der Waals surface area contributed by atoms with Crippen molar-refractivity contribution in [3.8, 4) is 5.75 Å². The normalized spacial score (nSPS) is 9.92. The molecule has 0 heterocycles. The van der Waals surface area contributed by atoms with Gasteiger partial charge in [-0.3, -0.25) is 4.79 Å². The number of benzene rings is 2. The summed E-state index contributed by atoms with van der Waals surface area (Å²) in [6.07, 6.45) is 1.83. The lowest BCUT2D eigenvalue weighted by atomic mass is 10.1. The lowest BCUT2D eigenvalue weighted by Gasteiger charge is -2.09. The van der Waals surface area contributed by atoms with Crippen molar-refractivity contribution < 1.29 is 9.53 Å². The monoisotopic (exact) mass is 412 g/mol. The van der Waals surface area contributed by atoms with Crippen LogP contribution in [0.25, 0.3) is 0 Å². The zero-order chi connectivity index (χ0) is 16.5. The average molecular weight is 414 g/mol. The molecular formula is C18H22BrClN2O2. The minimum Gasteiger partial charge on any atom is -0.488 e. The molecule has 0 aliphatic rings. The van der Waals surface area contributed by atoms with E-state index in [4.69, 9.17) is 10.5 Å². The molecule has 2 aromatic carbocycles. The van der Waals surface area contributed by atoms with Gasteiger partial charge in [0.15, 0.2) is 0 Å². The third kappa shape index (κ3) is 6.51. The minimum absolute atomic E-state index is 0. The Morgan fingerprint density at radius 2 is 1.79 bits per heavy atom. The number of unbranched alkanes of at least 4 members (excludes halogenated alkanes) is 1. The molecule has 24 heavy (non-hydrogen) atoms. The average Bonchev–Trinajstić information content (AvgIpc) is 2.58. The van der Waals surface area contributed by atoms with E-state index in [-0.39, 0.29) is 18.3 Å². The van der Waals surface area contributed by atoms with Gasteiger partial charge in [0, 0.05) is 12.1 Å². The molecule has 0 radical (unpaired) electrons. The lowest BCUT2D eigenvalue weighted by Crippen LogP contribution is -2.24. The number of nitrogens with one attached hydrogen (secondary N) is 1. The molecule has 2 aromatic rings. The predicted octanol–water partition coefficient (Wildman–Crippen LogP) is 3.92. The second-order valence-corrected chi connectivity index (χ2v) is 6.02. The van der Waals surface area contributed by atoms with Crippen molar-refractivity contribution in [2.24, 2.45) is 5.73 Å². The highest BCUT2D eigenvalue weighted by molar-refractivity contribution is 9.10. The van der Waals surface area contributed by atoms with Crippen molar-refractivity contribution in [1.82, 2.24) is 5.32 Å². The van der Waals surface area contributed by atoms with Crippen LogP contribution in [0.3, 0.4) is 0 Å².